The van der Waals surface area contributed by atoms with E-state index in [9.17, 15) is 4.39 Å². The molecule has 0 aliphatic carbocycles. The first-order valence-corrected chi connectivity index (χ1v) is 7.29. The topological polar surface area (TPSA) is 21.3 Å². The summed E-state index contributed by atoms with van der Waals surface area (Å²) in [5.41, 5.74) is 1.39. The number of ether oxygens (including phenoxy) is 1. The molecule has 0 heterocycles. The molecule has 112 valence electrons. The van der Waals surface area contributed by atoms with Gasteiger partial charge in [0.15, 0.2) is 0 Å². The van der Waals surface area contributed by atoms with Crippen LogP contribution in [0.2, 0.25) is 5.02 Å². The Kier molecular flexibility index (Phi) is 5.21. The standard InChI is InChI=1S/C17H19ClFNO/c1-11(2)21-15-10-5-4-7-12(15)17(20-3)13-8-6-9-14(18)16(13)19/h4-11,17,20H,1-3H3. The van der Waals surface area contributed by atoms with Crippen LogP contribution in [0.4, 0.5) is 4.39 Å². The van der Waals surface area contributed by atoms with Gasteiger partial charge in [0.05, 0.1) is 17.2 Å². The van der Waals surface area contributed by atoms with Crippen molar-refractivity contribution >= 4 is 11.6 Å². The highest BCUT2D eigenvalue weighted by molar-refractivity contribution is 6.30. The zero-order chi connectivity index (χ0) is 15.4. The molecule has 0 saturated heterocycles. The summed E-state index contributed by atoms with van der Waals surface area (Å²) in [5, 5.41) is 3.26. The minimum Gasteiger partial charge on any atom is -0.491 e. The number of benzene rings is 2. The zero-order valence-electron chi connectivity index (χ0n) is 12.4. The molecule has 0 fully saturated rings. The molecule has 4 heteroatoms. The fourth-order valence-corrected chi connectivity index (χ4v) is 2.48. The highest BCUT2D eigenvalue weighted by Crippen LogP contribution is 2.33. The van der Waals surface area contributed by atoms with Gasteiger partial charge < -0.3 is 10.1 Å². The van der Waals surface area contributed by atoms with Gasteiger partial charge in [-0.15, -0.1) is 0 Å². The van der Waals surface area contributed by atoms with Gasteiger partial charge in [-0.2, -0.15) is 0 Å². The molecule has 0 aromatic heterocycles. The summed E-state index contributed by atoms with van der Waals surface area (Å²) in [6.45, 7) is 3.93. The second kappa shape index (κ2) is 6.92. The van der Waals surface area contributed by atoms with Gasteiger partial charge in [-0.3, -0.25) is 0 Å². The third-order valence-corrected chi connectivity index (χ3v) is 3.47. The van der Waals surface area contributed by atoms with Crippen LogP contribution in [0.15, 0.2) is 42.5 Å². The predicted molar refractivity (Wildman–Crippen MR) is 84.5 cm³/mol. The first-order chi connectivity index (χ1) is 10.0. The van der Waals surface area contributed by atoms with Gasteiger partial charge >= 0.3 is 0 Å². The number of halogens is 2. The predicted octanol–water partition coefficient (Wildman–Crippen LogP) is 4.58. The van der Waals surface area contributed by atoms with Gasteiger partial charge in [0.2, 0.25) is 0 Å². The molecule has 0 saturated carbocycles. The van der Waals surface area contributed by atoms with Crippen molar-refractivity contribution in [1.82, 2.24) is 5.32 Å². The second-order valence-electron chi connectivity index (χ2n) is 5.07. The van der Waals surface area contributed by atoms with Gasteiger partial charge in [-0.05, 0) is 33.0 Å². The van der Waals surface area contributed by atoms with Crippen molar-refractivity contribution in [2.24, 2.45) is 0 Å². The number of nitrogens with one attached hydrogen (secondary N) is 1. The van der Waals surface area contributed by atoms with Crippen molar-refractivity contribution < 1.29 is 9.13 Å². The molecule has 1 unspecified atom stereocenters. The van der Waals surface area contributed by atoms with Crippen molar-refractivity contribution in [3.63, 3.8) is 0 Å². The molecule has 2 aromatic carbocycles. The molecule has 0 spiro atoms. The molecular formula is C17H19ClFNO. The number of rotatable bonds is 5. The van der Waals surface area contributed by atoms with E-state index < -0.39 is 5.82 Å². The summed E-state index contributed by atoms with van der Waals surface area (Å²) in [6, 6.07) is 12.3. The first-order valence-electron chi connectivity index (χ1n) is 6.91. The van der Waals surface area contributed by atoms with E-state index in [1.54, 1.807) is 25.2 Å². The Bertz CT molecular complexity index is 615. The molecule has 2 rings (SSSR count). The lowest BCUT2D eigenvalue weighted by molar-refractivity contribution is 0.238. The maximum Gasteiger partial charge on any atom is 0.146 e. The van der Waals surface area contributed by atoms with Crippen LogP contribution < -0.4 is 10.1 Å². The van der Waals surface area contributed by atoms with Crippen LogP contribution in [0.5, 0.6) is 5.75 Å². The molecule has 0 aliphatic heterocycles. The Balaban J connectivity index is 2.49. The van der Waals surface area contributed by atoms with Gasteiger partial charge in [-0.25, -0.2) is 4.39 Å². The average molecular weight is 308 g/mol. The molecule has 1 atom stereocenters. The quantitative estimate of drug-likeness (QED) is 0.873. The van der Waals surface area contributed by atoms with Crippen molar-refractivity contribution in [2.75, 3.05) is 7.05 Å². The monoisotopic (exact) mass is 307 g/mol. The fraction of sp³-hybridized carbons (Fsp3) is 0.294. The van der Waals surface area contributed by atoms with E-state index in [0.717, 1.165) is 11.3 Å². The number of para-hydroxylation sites is 1. The van der Waals surface area contributed by atoms with E-state index in [0.29, 0.717) is 5.56 Å². The largest absolute Gasteiger partial charge is 0.491 e. The molecule has 0 aliphatic rings. The highest BCUT2D eigenvalue weighted by atomic mass is 35.5. The first kappa shape index (κ1) is 15.8. The van der Waals surface area contributed by atoms with Crippen LogP contribution >= 0.6 is 11.6 Å². The third kappa shape index (κ3) is 3.55. The highest BCUT2D eigenvalue weighted by Gasteiger charge is 2.21. The zero-order valence-corrected chi connectivity index (χ0v) is 13.1. The summed E-state index contributed by atoms with van der Waals surface area (Å²) in [6.07, 6.45) is 0.0489. The average Bonchev–Trinajstić information content (AvgIpc) is 2.45. The van der Waals surface area contributed by atoms with Crippen molar-refractivity contribution in [3.8, 4) is 5.75 Å². The van der Waals surface area contributed by atoms with E-state index in [2.05, 4.69) is 5.32 Å². The van der Waals surface area contributed by atoms with E-state index in [4.69, 9.17) is 16.3 Å². The van der Waals surface area contributed by atoms with Crippen LogP contribution in [-0.2, 0) is 0 Å². The van der Waals surface area contributed by atoms with Gasteiger partial charge in [0.1, 0.15) is 11.6 Å². The summed E-state index contributed by atoms with van der Waals surface area (Å²) >= 11 is 5.89. The lowest BCUT2D eigenvalue weighted by atomic mass is 9.97. The molecule has 0 bridgehead atoms. The molecule has 0 radical (unpaired) electrons. The molecule has 0 amide bonds. The van der Waals surface area contributed by atoms with Gasteiger partial charge in [-0.1, -0.05) is 41.9 Å². The Morgan fingerprint density at radius 1 is 1.05 bits per heavy atom. The van der Waals surface area contributed by atoms with E-state index >= 15 is 0 Å². The molecule has 21 heavy (non-hydrogen) atoms. The third-order valence-electron chi connectivity index (χ3n) is 3.17. The Morgan fingerprint density at radius 2 is 1.71 bits per heavy atom. The minimum atomic E-state index is -0.405. The van der Waals surface area contributed by atoms with E-state index in [1.807, 2.05) is 38.1 Å². The van der Waals surface area contributed by atoms with Crippen molar-refractivity contribution in [3.05, 3.63) is 64.4 Å². The molecule has 1 N–H and O–H groups in total. The minimum absolute atomic E-state index is 0.0489. The van der Waals surface area contributed by atoms with E-state index in [1.165, 1.54) is 0 Å². The summed E-state index contributed by atoms with van der Waals surface area (Å²) in [7, 11) is 1.79. The van der Waals surface area contributed by atoms with Crippen molar-refractivity contribution in [1.29, 1.82) is 0 Å². The van der Waals surface area contributed by atoms with Crippen LogP contribution in [-0.4, -0.2) is 13.2 Å². The summed E-state index contributed by atoms with van der Waals surface area (Å²) in [4.78, 5) is 0. The van der Waals surface area contributed by atoms with Crippen molar-refractivity contribution in [2.45, 2.75) is 26.0 Å². The number of hydrogen-bond acceptors (Lipinski definition) is 2. The summed E-state index contributed by atoms with van der Waals surface area (Å²) < 4.78 is 20.1. The normalized spacial score (nSPS) is 12.5. The smallest absolute Gasteiger partial charge is 0.146 e. The number of hydrogen-bond donors (Lipinski definition) is 1. The van der Waals surface area contributed by atoms with Gasteiger partial charge in [0, 0.05) is 11.1 Å². The van der Waals surface area contributed by atoms with E-state index in [-0.39, 0.29) is 17.2 Å². The fourth-order valence-electron chi connectivity index (χ4n) is 2.30. The second-order valence-corrected chi connectivity index (χ2v) is 5.48. The lowest BCUT2D eigenvalue weighted by Gasteiger charge is -2.22. The molecule has 2 aromatic rings. The molecule has 2 nitrogen and oxygen atoms in total. The van der Waals surface area contributed by atoms with Crippen LogP contribution in [0.25, 0.3) is 0 Å². The Hall–Kier alpha value is -1.58. The maximum absolute atomic E-state index is 14.3. The Labute approximate surface area is 129 Å². The Morgan fingerprint density at radius 3 is 2.38 bits per heavy atom. The van der Waals surface area contributed by atoms with Crippen LogP contribution in [0.3, 0.4) is 0 Å². The maximum atomic E-state index is 14.3. The van der Waals surface area contributed by atoms with Crippen LogP contribution in [0, 0.1) is 5.82 Å². The lowest BCUT2D eigenvalue weighted by Crippen LogP contribution is -2.20. The van der Waals surface area contributed by atoms with Gasteiger partial charge in [0.25, 0.3) is 0 Å². The molecular weight excluding hydrogens is 289 g/mol. The van der Waals surface area contributed by atoms with Crippen LogP contribution in [0.1, 0.15) is 31.0 Å². The SMILES string of the molecule is CNC(c1ccccc1OC(C)C)c1cccc(Cl)c1F. The summed E-state index contributed by atoms with van der Waals surface area (Å²) in [5.74, 6) is 0.337.